The van der Waals surface area contributed by atoms with E-state index in [1.165, 1.54) is 18.4 Å². The van der Waals surface area contributed by atoms with Crippen molar-refractivity contribution < 1.29 is 0 Å². The Balaban J connectivity index is 1.92. The Kier molecular flexibility index (Phi) is 1.75. The molecule has 0 saturated heterocycles. The number of fused-ring (bicyclic) bond motifs is 2. The minimum atomic E-state index is -0.0742. The van der Waals surface area contributed by atoms with Crippen LogP contribution in [0.15, 0.2) is 12.2 Å². The smallest absolute Gasteiger partial charge is 0.0372 e. The van der Waals surface area contributed by atoms with E-state index in [-0.39, 0.29) is 11.1 Å². The molecule has 5 unspecified atom stereocenters. The third kappa shape index (κ3) is 1.02. The van der Waals surface area contributed by atoms with Gasteiger partial charge in [-0.05, 0) is 49.9 Å². The van der Waals surface area contributed by atoms with Crippen molar-refractivity contribution in [3.05, 3.63) is 12.2 Å². The Morgan fingerprint density at radius 3 is 2.73 bits per heavy atom. The molecule has 4 N–H and O–H groups in total. The van der Waals surface area contributed by atoms with Crippen molar-refractivity contribution in [2.75, 3.05) is 0 Å². The molecule has 0 aliphatic heterocycles. The first-order valence-corrected chi connectivity index (χ1v) is 6.27. The molecule has 0 amide bonds. The van der Waals surface area contributed by atoms with Crippen LogP contribution in [0.4, 0.5) is 0 Å². The maximum Gasteiger partial charge on any atom is 0.0372 e. The Bertz CT molecular complexity index is 324. The van der Waals surface area contributed by atoms with Crippen molar-refractivity contribution in [3.63, 3.8) is 0 Å². The Hall–Kier alpha value is -0.340. The normalized spacial score (nSPS) is 56.3. The van der Waals surface area contributed by atoms with Crippen LogP contribution >= 0.6 is 0 Å². The molecule has 4 saturated carbocycles. The molecule has 2 nitrogen and oxygen atoms in total. The van der Waals surface area contributed by atoms with E-state index >= 15 is 0 Å². The fourth-order valence-electron chi connectivity index (χ4n) is 4.30. The Labute approximate surface area is 92.1 Å². The summed E-state index contributed by atoms with van der Waals surface area (Å²) < 4.78 is 0. The SMILES string of the molecule is C=C(CC)C1CC2(N)CCC1C1CC12N. The highest BCUT2D eigenvalue weighted by Gasteiger charge is 2.71. The van der Waals surface area contributed by atoms with E-state index in [0.29, 0.717) is 11.8 Å². The molecule has 0 spiro atoms. The van der Waals surface area contributed by atoms with Gasteiger partial charge in [0.2, 0.25) is 0 Å². The molecule has 5 atom stereocenters. The average Bonchev–Trinajstić information content (AvgIpc) is 2.92. The van der Waals surface area contributed by atoms with Gasteiger partial charge in [0.05, 0.1) is 0 Å². The van der Waals surface area contributed by atoms with Crippen LogP contribution in [0.2, 0.25) is 0 Å². The average molecular weight is 206 g/mol. The molecule has 4 fully saturated rings. The topological polar surface area (TPSA) is 52.0 Å². The summed E-state index contributed by atoms with van der Waals surface area (Å²) in [5.41, 5.74) is 14.3. The van der Waals surface area contributed by atoms with Crippen LogP contribution in [0.3, 0.4) is 0 Å². The van der Waals surface area contributed by atoms with Crippen molar-refractivity contribution in [2.45, 2.75) is 50.1 Å². The van der Waals surface area contributed by atoms with Crippen molar-refractivity contribution in [1.82, 2.24) is 0 Å². The summed E-state index contributed by atoms with van der Waals surface area (Å²) in [6.07, 6.45) is 5.78. The largest absolute Gasteiger partial charge is 0.324 e. The molecule has 0 aromatic rings. The first kappa shape index (κ1) is 9.86. The van der Waals surface area contributed by atoms with Crippen LogP contribution in [-0.2, 0) is 0 Å². The van der Waals surface area contributed by atoms with Gasteiger partial charge in [-0.3, -0.25) is 0 Å². The highest BCUT2D eigenvalue weighted by molar-refractivity contribution is 5.32. The fraction of sp³-hybridized carbons (Fsp3) is 0.846. The summed E-state index contributed by atoms with van der Waals surface area (Å²) >= 11 is 0. The zero-order valence-corrected chi connectivity index (χ0v) is 9.63. The van der Waals surface area contributed by atoms with Gasteiger partial charge in [0.1, 0.15) is 0 Å². The zero-order valence-electron chi connectivity index (χ0n) is 9.63. The summed E-state index contributed by atoms with van der Waals surface area (Å²) in [5, 5.41) is 0. The predicted octanol–water partition coefficient (Wildman–Crippen LogP) is 1.80. The van der Waals surface area contributed by atoms with Gasteiger partial charge in [-0.25, -0.2) is 0 Å². The molecule has 0 aromatic heterocycles. The van der Waals surface area contributed by atoms with Gasteiger partial charge in [0.15, 0.2) is 0 Å². The van der Waals surface area contributed by atoms with Crippen LogP contribution in [-0.4, -0.2) is 11.1 Å². The van der Waals surface area contributed by atoms with Crippen molar-refractivity contribution in [2.24, 2.45) is 29.2 Å². The number of nitrogens with two attached hydrogens (primary N) is 2. The molecule has 0 radical (unpaired) electrons. The monoisotopic (exact) mass is 206 g/mol. The van der Waals surface area contributed by atoms with E-state index in [2.05, 4.69) is 13.5 Å². The summed E-state index contributed by atoms with van der Waals surface area (Å²) in [6, 6.07) is 0. The molecule has 4 rings (SSSR count). The third-order valence-corrected chi connectivity index (χ3v) is 5.51. The zero-order chi connectivity index (χ0) is 10.8. The van der Waals surface area contributed by atoms with Gasteiger partial charge < -0.3 is 11.5 Å². The van der Waals surface area contributed by atoms with E-state index in [1.807, 2.05) is 0 Å². The molecular formula is C13H22N2. The second kappa shape index (κ2) is 2.67. The van der Waals surface area contributed by atoms with Gasteiger partial charge in [0.25, 0.3) is 0 Å². The lowest BCUT2D eigenvalue weighted by molar-refractivity contribution is 0.0629. The molecule has 4 aliphatic carbocycles. The summed E-state index contributed by atoms with van der Waals surface area (Å²) in [4.78, 5) is 0. The number of allylic oxidation sites excluding steroid dienone is 1. The van der Waals surface area contributed by atoms with Gasteiger partial charge in [-0.1, -0.05) is 19.1 Å². The van der Waals surface area contributed by atoms with Gasteiger partial charge >= 0.3 is 0 Å². The predicted molar refractivity (Wildman–Crippen MR) is 62.2 cm³/mol. The summed E-state index contributed by atoms with van der Waals surface area (Å²) in [6.45, 7) is 6.43. The van der Waals surface area contributed by atoms with E-state index < -0.39 is 0 Å². The minimum absolute atomic E-state index is 0.000435. The molecule has 4 aliphatic rings. The van der Waals surface area contributed by atoms with Gasteiger partial charge in [0, 0.05) is 11.1 Å². The lowest BCUT2D eigenvalue weighted by Gasteiger charge is -2.53. The molecule has 0 aromatic carbocycles. The standard InChI is InChI=1S/C13H22N2/c1-3-8(2)10-6-12(14)5-4-9(10)11-7-13(11,12)15/h9-11H,2-7,14-15H2,1H3. The van der Waals surface area contributed by atoms with Crippen LogP contribution < -0.4 is 11.5 Å². The molecule has 0 heterocycles. The molecule has 2 bridgehead atoms. The van der Waals surface area contributed by atoms with E-state index in [9.17, 15) is 0 Å². The molecule has 15 heavy (non-hydrogen) atoms. The fourth-order valence-corrected chi connectivity index (χ4v) is 4.30. The van der Waals surface area contributed by atoms with Gasteiger partial charge in [-0.15, -0.1) is 0 Å². The van der Waals surface area contributed by atoms with E-state index in [1.54, 1.807) is 0 Å². The maximum absolute atomic E-state index is 6.53. The quantitative estimate of drug-likeness (QED) is 0.677. The van der Waals surface area contributed by atoms with Crippen LogP contribution in [0, 0.1) is 17.8 Å². The van der Waals surface area contributed by atoms with Crippen molar-refractivity contribution in [3.8, 4) is 0 Å². The van der Waals surface area contributed by atoms with Crippen LogP contribution in [0.5, 0.6) is 0 Å². The minimum Gasteiger partial charge on any atom is -0.324 e. The maximum atomic E-state index is 6.53. The lowest BCUT2D eigenvalue weighted by atomic mass is 9.57. The molecular weight excluding hydrogens is 184 g/mol. The number of hydrogen-bond acceptors (Lipinski definition) is 2. The van der Waals surface area contributed by atoms with Crippen molar-refractivity contribution in [1.29, 1.82) is 0 Å². The highest BCUT2D eigenvalue weighted by Crippen LogP contribution is 2.67. The Morgan fingerprint density at radius 1 is 1.40 bits per heavy atom. The summed E-state index contributed by atoms with van der Waals surface area (Å²) in [7, 11) is 0. The van der Waals surface area contributed by atoms with E-state index in [4.69, 9.17) is 11.5 Å². The van der Waals surface area contributed by atoms with Gasteiger partial charge in [-0.2, -0.15) is 0 Å². The van der Waals surface area contributed by atoms with E-state index in [0.717, 1.165) is 25.2 Å². The first-order valence-electron chi connectivity index (χ1n) is 6.27. The highest BCUT2D eigenvalue weighted by atomic mass is 15.0. The van der Waals surface area contributed by atoms with Crippen LogP contribution in [0.1, 0.15) is 39.0 Å². The molecule has 2 heteroatoms. The lowest BCUT2D eigenvalue weighted by Crippen LogP contribution is -2.66. The third-order valence-electron chi connectivity index (χ3n) is 5.51. The van der Waals surface area contributed by atoms with Crippen LogP contribution in [0.25, 0.3) is 0 Å². The first-order chi connectivity index (χ1) is 7.02. The second-order valence-electron chi connectivity index (χ2n) is 6.03. The molecule has 84 valence electrons. The van der Waals surface area contributed by atoms with Crippen molar-refractivity contribution >= 4 is 0 Å². The Morgan fingerprint density at radius 2 is 2.13 bits per heavy atom. The number of hydrogen-bond donors (Lipinski definition) is 2. The second-order valence-corrected chi connectivity index (χ2v) is 6.03. The summed E-state index contributed by atoms with van der Waals surface area (Å²) in [5.74, 6) is 2.17. The number of rotatable bonds is 2.